The summed E-state index contributed by atoms with van der Waals surface area (Å²) in [6.07, 6.45) is 0.662. The van der Waals surface area contributed by atoms with Crippen LogP contribution in [0.25, 0.3) is 0 Å². The van der Waals surface area contributed by atoms with Crippen molar-refractivity contribution in [2.24, 2.45) is 5.92 Å². The number of rotatable bonds is 6. The molecule has 2 atom stereocenters. The predicted octanol–water partition coefficient (Wildman–Crippen LogP) is 2.25. The van der Waals surface area contributed by atoms with Crippen molar-refractivity contribution in [3.63, 3.8) is 0 Å². The molecule has 0 saturated heterocycles. The number of hydrogen-bond donors (Lipinski definition) is 2. The van der Waals surface area contributed by atoms with Crippen LogP contribution in [0.4, 0.5) is 8.78 Å². The summed E-state index contributed by atoms with van der Waals surface area (Å²) in [4.78, 5) is 0. The molecule has 0 aliphatic rings. The highest BCUT2D eigenvalue weighted by atomic mass is 19.1. The second-order valence-corrected chi connectivity index (χ2v) is 4.13. The lowest BCUT2D eigenvalue weighted by atomic mass is 9.91. The van der Waals surface area contributed by atoms with Gasteiger partial charge in [0, 0.05) is 30.2 Å². The van der Waals surface area contributed by atoms with E-state index in [1.807, 2.05) is 6.92 Å². The molecule has 5 heteroatoms. The first-order chi connectivity index (χ1) is 8.58. The minimum atomic E-state index is -0.609. The molecule has 0 saturated carbocycles. The zero-order valence-corrected chi connectivity index (χ0v) is 10.8. The van der Waals surface area contributed by atoms with E-state index in [9.17, 15) is 13.9 Å². The van der Waals surface area contributed by atoms with Crippen molar-refractivity contribution in [3.8, 4) is 5.75 Å². The van der Waals surface area contributed by atoms with Crippen molar-refractivity contribution < 1.29 is 18.6 Å². The van der Waals surface area contributed by atoms with E-state index < -0.39 is 17.7 Å². The van der Waals surface area contributed by atoms with Crippen LogP contribution in [-0.4, -0.2) is 25.9 Å². The first-order valence-corrected chi connectivity index (χ1v) is 5.90. The van der Waals surface area contributed by atoms with Crippen molar-refractivity contribution in [2.45, 2.75) is 19.4 Å². The lowest BCUT2D eigenvalue weighted by molar-refractivity contribution is 0.187. The van der Waals surface area contributed by atoms with Crippen LogP contribution in [-0.2, 0) is 0 Å². The number of aliphatic hydroxyl groups is 1. The third-order valence-electron chi connectivity index (χ3n) is 3.15. The van der Waals surface area contributed by atoms with Crippen LogP contribution < -0.4 is 10.1 Å². The van der Waals surface area contributed by atoms with Crippen LogP contribution in [0.3, 0.4) is 0 Å². The van der Waals surface area contributed by atoms with Crippen molar-refractivity contribution in [1.29, 1.82) is 0 Å². The molecule has 2 N–H and O–H groups in total. The van der Waals surface area contributed by atoms with E-state index >= 15 is 0 Å². The maximum Gasteiger partial charge on any atom is 0.165 e. The number of benzene rings is 1. The van der Waals surface area contributed by atoms with E-state index in [0.717, 1.165) is 12.1 Å². The summed E-state index contributed by atoms with van der Waals surface area (Å²) < 4.78 is 32.3. The average Bonchev–Trinajstić information content (AvgIpc) is 2.38. The molecule has 3 nitrogen and oxygen atoms in total. The van der Waals surface area contributed by atoms with Crippen LogP contribution in [0.2, 0.25) is 0 Å². The Morgan fingerprint density at radius 2 is 2.00 bits per heavy atom. The Labute approximate surface area is 106 Å². The maximum atomic E-state index is 13.9. The third-order valence-corrected chi connectivity index (χ3v) is 3.15. The Bertz CT molecular complexity index is 395. The number of methoxy groups -OCH3 is 1. The normalized spacial score (nSPS) is 14.3. The fourth-order valence-corrected chi connectivity index (χ4v) is 2.05. The van der Waals surface area contributed by atoms with Crippen LogP contribution in [0, 0.1) is 17.6 Å². The van der Waals surface area contributed by atoms with Crippen molar-refractivity contribution >= 4 is 0 Å². The smallest absolute Gasteiger partial charge is 0.165 e. The van der Waals surface area contributed by atoms with Gasteiger partial charge in [-0.3, -0.25) is 0 Å². The van der Waals surface area contributed by atoms with E-state index in [1.54, 1.807) is 7.05 Å². The Kier molecular flexibility index (Phi) is 5.50. The average molecular weight is 259 g/mol. The van der Waals surface area contributed by atoms with Gasteiger partial charge in [0.25, 0.3) is 0 Å². The van der Waals surface area contributed by atoms with E-state index in [-0.39, 0.29) is 23.8 Å². The highest BCUT2D eigenvalue weighted by Crippen LogP contribution is 2.30. The van der Waals surface area contributed by atoms with Crippen LogP contribution in [0.15, 0.2) is 12.1 Å². The lowest BCUT2D eigenvalue weighted by Crippen LogP contribution is -2.28. The highest BCUT2D eigenvalue weighted by molar-refractivity contribution is 5.33. The molecule has 0 aromatic heterocycles. The molecule has 2 unspecified atom stereocenters. The minimum absolute atomic E-state index is 0.0882. The van der Waals surface area contributed by atoms with E-state index in [0.29, 0.717) is 6.42 Å². The molecule has 1 rings (SSSR count). The van der Waals surface area contributed by atoms with Gasteiger partial charge in [0.1, 0.15) is 5.82 Å². The van der Waals surface area contributed by atoms with Crippen molar-refractivity contribution in [2.75, 3.05) is 20.8 Å². The van der Waals surface area contributed by atoms with Crippen LogP contribution in [0.5, 0.6) is 5.75 Å². The van der Waals surface area contributed by atoms with Crippen LogP contribution >= 0.6 is 0 Å². The molecule has 0 radical (unpaired) electrons. The van der Waals surface area contributed by atoms with Gasteiger partial charge < -0.3 is 15.2 Å². The van der Waals surface area contributed by atoms with Gasteiger partial charge in [0.05, 0.1) is 7.11 Å². The molecule has 0 fully saturated rings. The van der Waals surface area contributed by atoms with Gasteiger partial charge >= 0.3 is 0 Å². The first kappa shape index (κ1) is 14.9. The zero-order chi connectivity index (χ0) is 13.7. The third kappa shape index (κ3) is 2.97. The molecule has 0 heterocycles. The van der Waals surface area contributed by atoms with Gasteiger partial charge in [0.15, 0.2) is 11.6 Å². The molecule has 0 bridgehead atoms. The zero-order valence-electron chi connectivity index (χ0n) is 10.8. The van der Waals surface area contributed by atoms with Gasteiger partial charge in [-0.2, -0.15) is 0 Å². The molecule has 1 aromatic carbocycles. The molecule has 0 aliphatic heterocycles. The minimum Gasteiger partial charge on any atom is -0.494 e. The lowest BCUT2D eigenvalue weighted by Gasteiger charge is -2.25. The summed E-state index contributed by atoms with van der Waals surface area (Å²) in [6, 6.07) is 1.72. The molecule has 18 heavy (non-hydrogen) atoms. The quantitative estimate of drug-likeness (QED) is 0.823. The maximum absolute atomic E-state index is 13.9. The van der Waals surface area contributed by atoms with E-state index in [4.69, 9.17) is 4.74 Å². The SMILES string of the molecule is CCC(CO)C(NC)c1cc(F)c(OC)cc1F. The molecule has 1 aromatic rings. The summed E-state index contributed by atoms with van der Waals surface area (Å²) in [5.74, 6) is -1.44. The number of ether oxygens (including phenoxy) is 1. The Morgan fingerprint density at radius 1 is 1.33 bits per heavy atom. The Morgan fingerprint density at radius 3 is 2.44 bits per heavy atom. The number of aliphatic hydroxyl groups excluding tert-OH is 1. The van der Waals surface area contributed by atoms with E-state index in [1.165, 1.54) is 7.11 Å². The van der Waals surface area contributed by atoms with Crippen molar-refractivity contribution in [3.05, 3.63) is 29.3 Å². The summed E-state index contributed by atoms with van der Waals surface area (Å²) in [7, 11) is 2.94. The summed E-state index contributed by atoms with van der Waals surface area (Å²) in [6.45, 7) is 1.80. The van der Waals surface area contributed by atoms with E-state index in [2.05, 4.69) is 5.32 Å². The molecule has 0 spiro atoms. The Hall–Kier alpha value is -1.20. The summed E-state index contributed by atoms with van der Waals surface area (Å²) in [5, 5.41) is 12.2. The van der Waals surface area contributed by atoms with Crippen LogP contribution in [0.1, 0.15) is 24.9 Å². The fourth-order valence-electron chi connectivity index (χ4n) is 2.05. The van der Waals surface area contributed by atoms with Gasteiger partial charge in [0.2, 0.25) is 0 Å². The highest BCUT2D eigenvalue weighted by Gasteiger charge is 2.24. The molecule has 102 valence electrons. The number of halogens is 2. The number of nitrogens with one attached hydrogen (secondary N) is 1. The largest absolute Gasteiger partial charge is 0.494 e. The number of hydrogen-bond acceptors (Lipinski definition) is 3. The fraction of sp³-hybridized carbons (Fsp3) is 0.538. The van der Waals surface area contributed by atoms with Gasteiger partial charge in [-0.05, 0) is 19.5 Å². The van der Waals surface area contributed by atoms with Gasteiger partial charge in [-0.25, -0.2) is 8.78 Å². The molecular weight excluding hydrogens is 240 g/mol. The monoisotopic (exact) mass is 259 g/mol. The van der Waals surface area contributed by atoms with Gasteiger partial charge in [-0.1, -0.05) is 6.92 Å². The second kappa shape index (κ2) is 6.66. The molecule has 0 aliphatic carbocycles. The molecule has 0 amide bonds. The predicted molar refractivity (Wildman–Crippen MR) is 65.6 cm³/mol. The first-order valence-electron chi connectivity index (χ1n) is 5.90. The second-order valence-electron chi connectivity index (χ2n) is 4.13. The topological polar surface area (TPSA) is 41.5 Å². The summed E-state index contributed by atoms with van der Waals surface area (Å²) >= 11 is 0. The molecular formula is C13H19F2NO2. The van der Waals surface area contributed by atoms with Gasteiger partial charge in [-0.15, -0.1) is 0 Å². The summed E-state index contributed by atoms with van der Waals surface area (Å²) in [5.41, 5.74) is 0.205. The van der Waals surface area contributed by atoms with Crippen molar-refractivity contribution in [1.82, 2.24) is 5.32 Å². The standard InChI is InChI=1S/C13H19F2NO2/c1-4-8(7-17)13(16-2)9-5-11(15)12(18-3)6-10(9)14/h5-6,8,13,16-17H,4,7H2,1-3H3. The Balaban J connectivity index is 3.17.